The number of Topliss-reactive ketones (excluding diaryl/α,β-unsaturated/α-hetero) is 1. The van der Waals surface area contributed by atoms with Crippen LogP contribution in [0.1, 0.15) is 22.8 Å². The number of hydrogen-bond donors (Lipinski definition) is 1. The molecule has 0 atom stereocenters. The summed E-state index contributed by atoms with van der Waals surface area (Å²) in [4.78, 5) is 18.7. The SMILES string of the molecule is CCN(C)C=Nc1cc(C)c(C(=O)CNc2cccc(F)c2)cc1Cl. The van der Waals surface area contributed by atoms with Crippen molar-refractivity contribution in [3.63, 3.8) is 0 Å². The van der Waals surface area contributed by atoms with Crippen molar-refractivity contribution in [2.45, 2.75) is 13.8 Å². The van der Waals surface area contributed by atoms with E-state index in [-0.39, 0.29) is 18.1 Å². The van der Waals surface area contributed by atoms with Crippen molar-refractivity contribution in [3.05, 3.63) is 58.4 Å². The lowest BCUT2D eigenvalue weighted by atomic mass is 10.0. The molecule has 4 nitrogen and oxygen atoms in total. The molecule has 6 heteroatoms. The summed E-state index contributed by atoms with van der Waals surface area (Å²) >= 11 is 6.26. The van der Waals surface area contributed by atoms with E-state index in [2.05, 4.69) is 10.3 Å². The Morgan fingerprint density at radius 1 is 1.36 bits per heavy atom. The number of rotatable bonds is 7. The number of ketones is 1. The standard InChI is InChI=1S/C19H21ClFN3O/c1-4-24(3)12-23-18-8-13(2)16(10-17(18)20)19(25)11-22-15-7-5-6-14(21)9-15/h5-10,12,22H,4,11H2,1-3H3. The van der Waals surface area contributed by atoms with E-state index in [0.29, 0.717) is 22.0 Å². The van der Waals surface area contributed by atoms with Gasteiger partial charge in [-0.15, -0.1) is 0 Å². The molecule has 0 radical (unpaired) electrons. The van der Waals surface area contributed by atoms with Gasteiger partial charge in [0.2, 0.25) is 0 Å². The molecule has 0 aliphatic carbocycles. The molecule has 0 fully saturated rings. The zero-order valence-electron chi connectivity index (χ0n) is 14.5. The first-order valence-electron chi connectivity index (χ1n) is 7.98. The molecule has 2 aromatic carbocycles. The van der Waals surface area contributed by atoms with Crippen LogP contribution in [0.5, 0.6) is 0 Å². The molecule has 0 amide bonds. The molecule has 0 saturated carbocycles. The maximum Gasteiger partial charge on any atom is 0.182 e. The Morgan fingerprint density at radius 3 is 2.80 bits per heavy atom. The van der Waals surface area contributed by atoms with Gasteiger partial charge in [-0.05, 0) is 49.7 Å². The number of anilines is 1. The first-order chi connectivity index (χ1) is 11.9. The fourth-order valence-electron chi connectivity index (χ4n) is 2.18. The van der Waals surface area contributed by atoms with Gasteiger partial charge in [-0.1, -0.05) is 17.7 Å². The molecule has 0 aliphatic heterocycles. The molecule has 2 rings (SSSR count). The fraction of sp³-hybridized carbons (Fsp3) is 0.263. The van der Waals surface area contributed by atoms with Gasteiger partial charge in [0.05, 0.1) is 23.6 Å². The van der Waals surface area contributed by atoms with Gasteiger partial charge in [-0.3, -0.25) is 4.79 Å². The van der Waals surface area contributed by atoms with Crippen LogP contribution in [0.3, 0.4) is 0 Å². The smallest absolute Gasteiger partial charge is 0.182 e. The number of carbonyl (C=O) groups excluding carboxylic acids is 1. The van der Waals surface area contributed by atoms with Gasteiger partial charge in [-0.25, -0.2) is 9.38 Å². The number of halogens is 2. The molecule has 0 heterocycles. The number of aliphatic imine (C=N–C) groups is 1. The van der Waals surface area contributed by atoms with Gasteiger partial charge in [-0.2, -0.15) is 0 Å². The monoisotopic (exact) mass is 361 g/mol. The second kappa shape index (κ2) is 8.62. The Bertz CT molecular complexity index is 792. The van der Waals surface area contributed by atoms with Crippen LogP contribution in [-0.2, 0) is 0 Å². The van der Waals surface area contributed by atoms with Crippen LogP contribution < -0.4 is 5.32 Å². The minimum Gasteiger partial charge on any atom is -0.377 e. The van der Waals surface area contributed by atoms with Crippen molar-refractivity contribution in [2.75, 3.05) is 25.5 Å². The Morgan fingerprint density at radius 2 is 2.12 bits per heavy atom. The van der Waals surface area contributed by atoms with Gasteiger partial charge in [0.1, 0.15) is 5.82 Å². The van der Waals surface area contributed by atoms with E-state index in [4.69, 9.17) is 11.6 Å². The molecule has 0 saturated heterocycles. The van der Waals surface area contributed by atoms with Crippen molar-refractivity contribution in [3.8, 4) is 0 Å². The van der Waals surface area contributed by atoms with Gasteiger partial charge >= 0.3 is 0 Å². The van der Waals surface area contributed by atoms with Crippen LogP contribution in [-0.4, -0.2) is 37.2 Å². The van der Waals surface area contributed by atoms with Gasteiger partial charge in [0.15, 0.2) is 5.78 Å². The van der Waals surface area contributed by atoms with Gasteiger partial charge in [0.25, 0.3) is 0 Å². The van der Waals surface area contributed by atoms with Crippen LogP contribution in [0.2, 0.25) is 5.02 Å². The van der Waals surface area contributed by atoms with Gasteiger partial charge < -0.3 is 10.2 Å². The first-order valence-corrected chi connectivity index (χ1v) is 8.35. The van der Waals surface area contributed by atoms with Crippen LogP contribution >= 0.6 is 11.6 Å². The van der Waals surface area contributed by atoms with E-state index in [0.717, 1.165) is 12.1 Å². The average molecular weight is 362 g/mol. The zero-order chi connectivity index (χ0) is 18.4. The summed E-state index contributed by atoms with van der Waals surface area (Å²) in [5.74, 6) is -0.471. The number of hydrogen-bond acceptors (Lipinski definition) is 3. The first kappa shape index (κ1) is 18.9. The molecule has 0 spiro atoms. The number of aryl methyl sites for hydroxylation is 1. The predicted octanol–water partition coefficient (Wildman–Crippen LogP) is 4.69. The van der Waals surface area contributed by atoms with E-state index in [1.165, 1.54) is 12.1 Å². The summed E-state index contributed by atoms with van der Waals surface area (Å²) in [6.07, 6.45) is 1.70. The quantitative estimate of drug-likeness (QED) is 0.442. The molecular weight excluding hydrogens is 341 g/mol. The highest BCUT2D eigenvalue weighted by molar-refractivity contribution is 6.33. The summed E-state index contributed by atoms with van der Waals surface area (Å²) in [5, 5.41) is 3.34. The molecule has 0 aromatic heterocycles. The second-order valence-corrected chi connectivity index (χ2v) is 6.13. The van der Waals surface area contributed by atoms with Crippen LogP contribution in [0, 0.1) is 12.7 Å². The molecule has 25 heavy (non-hydrogen) atoms. The largest absolute Gasteiger partial charge is 0.377 e. The van der Waals surface area contributed by atoms with Crippen LogP contribution in [0.25, 0.3) is 0 Å². The normalized spacial score (nSPS) is 10.9. The number of nitrogens with one attached hydrogen (secondary N) is 1. The third-order valence-corrected chi connectivity index (χ3v) is 4.07. The summed E-state index contributed by atoms with van der Waals surface area (Å²) < 4.78 is 13.2. The van der Waals surface area contributed by atoms with E-state index in [1.807, 2.05) is 25.8 Å². The molecule has 132 valence electrons. The van der Waals surface area contributed by atoms with Crippen LogP contribution in [0.4, 0.5) is 15.8 Å². The number of nitrogens with zero attached hydrogens (tertiary/aromatic N) is 2. The van der Waals surface area contributed by atoms with Crippen molar-refractivity contribution in [1.82, 2.24) is 4.90 Å². The topological polar surface area (TPSA) is 44.7 Å². The Hall–Kier alpha value is -2.40. The Balaban J connectivity index is 2.12. The number of carbonyl (C=O) groups is 1. The molecule has 1 N–H and O–H groups in total. The lowest BCUT2D eigenvalue weighted by Crippen LogP contribution is -2.15. The highest BCUT2D eigenvalue weighted by atomic mass is 35.5. The lowest BCUT2D eigenvalue weighted by molar-refractivity contribution is 0.101. The maximum atomic E-state index is 13.2. The van der Waals surface area contributed by atoms with Gasteiger partial charge in [0, 0.05) is 24.8 Å². The van der Waals surface area contributed by atoms with Crippen molar-refractivity contribution >= 4 is 35.1 Å². The van der Waals surface area contributed by atoms with E-state index >= 15 is 0 Å². The van der Waals surface area contributed by atoms with Crippen molar-refractivity contribution < 1.29 is 9.18 Å². The third kappa shape index (κ3) is 5.29. The lowest BCUT2D eigenvalue weighted by Gasteiger charge is -2.11. The van der Waals surface area contributed by atoms with Crippen molar-refractivity contribution in [2.24, 2.45) is 4.99 Å². The Kier molecular flexibility index (Phi) is 6.53. The third-order valence-electron chi connectivity index (χ3n) is 3.76. The summed E-state index contributed by atoms with van der Waals surface area (Å²) in [6.45, 7) is 4.75. The molecular formula is C19H21ClFN3O. The highest BCUT2D eigenvalue weighted by Gasteiger charge is 2.12. The van der Waals surface area contributed by atoms with E-state index in [9.17, 15) is 9.18 Å². The van der Waals surface area contributed by atoms with E-state index in [1.54, 1.807) is 30.6 Å². The number of benzene rings is 2. The van der Waals surface area contributed by atoms with Crippen molar-refractivity contribution in [1.29, 1.82) is 0 Å². The Labute approximate surface area is 152 Å². The minimum atomic E-state index is -0.351. The predicted molar refractivity (Wildman–Crippen MR) is 102 cm³/mol. The second-order valence-electron chi connectivity index (χ2n) is 5.72. The minimum absolute atomic E-state index is 0.0574. The maximum absolute atomic E-state index is 13.2. The molecule has 0 aliphatic rings. The zero-order valence-corrected chi connectivity index (χ0v) is 15.3. The molecule has 0 bridgehead atoms. The highest BCUT2D eigenvalue weighted by Crippen LogP contribution is 2.28. The van der Waals surface area contributed by atoms with Crippen LogP contribution in [0.15, 0.2) is 41.4 Å². The summed E-state index contributed by atoms with van der Waals surface area (Å²) in [7, 11) is 1.92. The van der Waals surface area contributed by atoms with E-state index < -0.39 is 0 Å². The molecule has 2 aromatic rings. The fourth-order valence-corrected chi connectivity index (χ4v) is 2.40. The average Bonchev–Trinajstić information content (AvgIpc) is 2.59. The summed E-state index contributed by atoms with van der Waals surface area (Å²) in [6, 6.07) is 9.41. The summed E-state index contributed by atoms with van der Waals surface area (Å²) in [5.41, 5.74) is 2.49. The molecule has 0 unspecified atom stereocenters.